The SMILES string of the molecule is CC(C)(C)OC(=O)N1[C@@H](CC2CCCCC2)[C@H](c2ccco2)OC1(C)C. The van der Waals surface area contributed by atoms with Gasteiger partial charge in [0, 0.05) is 0 Å². The number of nitrogens with zero attached hydrogens (tertiary/aromatic N) is 1. The molecule has 2 atom stereocenters. The second-order valence-corrected chi connectivity index (χ2v) is 9.16. The Labute approximate surface area is 157 Å². The molecule has 1 saturated carbocycles. The van der Waals surface area contributed by atoms with Crippen molar-refractivity contribution in [3.63, 3.8) is 0 Å². The zero-order valence-electron chi connectivity index (χ0n) is 16.8. The van der Waals surface area contributed by atoms with E-state index in [0.717, 1.165) is 12.2 Å². The third-order valence-corrected chi connectivity index (χ3v) is 5.39. The first kappa shape index (κ1) is 19.3. The molecule has 146 valence electrons. The van der Waals surface area contributed by atoms with Crippen LogP contribution in [0.15, 0.2) is 22.8 Å². The monoisotopic (exact) mass is 363 g/mol. The van der Waals surface area contributed by atoms with Gasteiger partial charge >= 0.3 is 6.09 Å². The first-order valence-corrected chi connectivity index (χ1v) is 9.91. The highest BCUT2D eigenvalue weighted by Crippen LogP contribution is 2.45. The van der Waals surface area contributed by atoms with E-state index in [-0.39, 0.29) is 18.2 Å². The number of hydrogen-bond donors (Lipinski definition) is 0. The van der Waals surface area contributed by atoms with Crippen molar-refractivity contribution in [3.05, 3.63) is 24.2 Å². The van der Waals surface area contributed by atoms with Gasteiger partial charge in [0.15, 0.2) is 0 Å². The van der Waals surface area contributed by atoms with Gasteiger partial charge in [-0.3, -0.25) is 4.90 Å². The number of carbonyl (C=O) groups is 1. The summed E-state index contributed by atoms with van der Waals surface area (Å²) in [6.07, 6.45) is 8.35. The van der Waals surface area contributed by atoms with Crippen LogP contribution in [0.25, 0.3) is 0 Å². The summed E-state index contributed by atoms with van der Waals surface area (Å²) < 4.78 is 17.7. The average molecular weight is 363 g/mol. The van der Waals surface area contributed by atoms with Gasteiger partial charge in [0.05, 0.1) is 12.3 Å². The van der Waals surface area contributed by atoms with Gasteiger partial charge in [-0.2, -0.15) is 0 Å². The van der Waals surface area contributed by atoms with Crippen LogP contribution < -0.4 is 0 Å². The van der Waals surface area contributed by atoms with Crippen LogP contribution in [0.4, 0.5) is 4.79 Å². The summed E-state index contributed by atoms with van der Waals surface area (Å²) in [5, 5.41) is 0. The molecular weight excluding hydrogens is 330 g/mol. The Balaban J connectivity index is 1.88. The van der Waals surface area contributed by atoms with E-state index in [1.165, 1.54) is 32.1 Å². The molecule has 5 heteroatoms. The molecule has 0 unspecified atom stereocenters. The summed E-state index contributed by atoms with van der Waals surface area (Å²) in [5.41, 5.74) is -1.27. The molecule has 2 heterocycles. The van der Waals surface area contributed by atoms with E-state index in [9.17, 15) is 4.79 Å². The van der Waals surface area contributed by atoms with Crippen molar-refractivity contribution in [2.75, 3.05) is 0 Å². The van der Waals surface area contributed by atoms with Gasteiger partial charge in [0.25, 0.3) is 0 Å². The largest absolute Gasteiger partial charge is 0.466 e. The third kappa shape index (κ3) is 4.25. The Morgan fingerprint density at radius 1 is 1.27 bits per heavy atom. The number of ether oxygens (including phenoxy) is 2. The Morgan fingerprint density at radius 3 is 2.54 bits per heavy atom. The van der Waals surface area contributed by atoms with Crippen LogP contribution in [0.3, 0.4) is 0 Å². The second kappa shape index (κ2) is 7.26. The predicted octanol–water partition coefficient (Wildman–Crippen LogP) is 5.66. The molecule has 1 amide bonds. The molecular formula is C21H33NO4. The van der Waals surface area contributed by atoms with Crippen molar-refractivity contribution in [3.8, 4) is 0 Å². The number of rotatable bonds is 3. The molecule has 2 aliphatic rings. The molecule has 0 N–H and O–H groups in total. The highest BCUT2D eigenvalue weighted by molar-refractivity contribution is 5.70. The quantitative estimate of drug-likeness (QED) is 0.695. The van der Waals surface area contributed by atoms with Gasteiger partial charge in [0.2, 0.25) is 0 Å². The van der Waals surface area contributed by atoms with Crippen LogP contribution in [0.2, 0.25) is 0 Å². The minimum absolute atomic E-state index is 0.0749. The molecule has 1 aliphatic heterocycles. The van der Waals surface area contributed by atoms with E-state index in [4.69, 9.17) is 13.9 Å². The molecule has 26 heavy (non-hydrogen) atoms. The second-order valence-electron chi connectivity index (χ2n) is 9.16. The number of carbonyl (C=O) groups excluding carboxylic acids is 1. The molecule has 0 spiro atoms. The van der Waals surface area contributed by atoms with Crippen LogP contribution in [-0.4, -0.2) is 28.4 Å². The van der Waals surface area contributed by atoms with E-state index in [2.05, 4.69) is 0 Å². The highest BCUT2D eigenvalue weighted by atomic mass is 16.6. The smallest absolute Gasteiger partial charge is 0.412 e. The first-order valence-electron chi connectivity index (χ1n) is 9.91. The Morgan fingerprint density at radius 2 is 1.96 bits per heavy atom. The first-order chi connectivity index (χ1) is 12.2. The van der Waals surface area contributed by atoms with E-state index in [0.29, 0.717) is 5.92 Å². The van der Waals surface area contributed by atoms with Crippen molar-refractivity contribution in [2.24, 2.45) is 5.92 Å². The van der Waals surface area contributed by atoms with Gasteiger partial charge in [-0.1, -0.05) is 32.1 Å². The van der Waals surface area contributed by atoms with Gasteiger partial charge in [0.1, 0.15) is 23.2 Å². The van der Waals surface area contributed by atoms with Crippen LogP contribution in [0.5, 0.6) is 0 Å². The molecule has 1 saturated heterocycles. The number of furan rings is 1. The molecule has 2 fully saturated rings. The summed E-state index contributed by atoms with van der Waals surface area (Å²) in [6, 6.07) is 3.74. The maximum Gasteiger partial charge on any atom is 0.412 e. The topological polar surface area (TPSA) is 51.9 Å². The average Bonchev–Trinajstić information content (AvgIpc) is 3.12. The van der Waals surface area contributed by atoms with Crippen molar-refractivity contribution in [1.29, 1.82) is 0 Å². The van der Waals surface area contributed by atoms with Crippen molar-refractivity contribution in [2.45, 2.75) is 96.6 Å². The Hall–Kier alpha value is -1.49. The van der Waals surface area contributed by atoms with Crippen LogP contribution >= 0.6 is 0 Å². The summed E-state index contributed by atoms with van der Waals surface area (Å²) in [5.74, 6) is 1.40. The number of amides is 1. The third-order valence-electron chi connectivity index (χ3n) is 5.39. The lowest BCUT2D eigenvalue weighted by molar-refractivity contribution is -0.0829. The van der Waals surface area contributed by atoms with Crippen molar-refractivity contribution >= 4 is 6.09 Å². The Kier molecular flexibility index (Phi) is 5.38. The predicted molar refractivity (Wildman–Crippen MR) is 99.7 cm³/mol. The molecule has 1 aromatic rings. The van der Waals surface area contributed by atoms with Crippen molar-refractivity contribution in [1.82, 2.24) is 4.90 Å². The lowest BCUT2D eigenvalue weighted by Crippen LogP contribution is -2.50. The fraction of sp³-hybridized carbons (Fsp3) is 0.762. The van der Waals surface area contributed by atoms with E-state index < -0.39 is 11.3 Å². The molecule has 1 aromatic heterocycles. The number of hydrogen-bond acceptors (Lipinski definition) is 4. The fourth-order valence-corrected chi connectivity index (χ4v) is 4.34. The summed E-state index contributed by atoms with van der Waals surface area (Å²) in [6.45, 7) is 9.57. The minimum atomic E-state index is -0.737. The van der Waals surface area contributed by atoms with Gasteiger partial charge in [-0.25, -0.2) is 4.79 Å². The van der Waals surface area contributed by atoms with Gasteiger partial charge < -0.3 is 13.9 Å². The highest BCUT2D eigenvalue weighted by Gasteiger charge is 2.53. The normalized spacial score (nSPS) is 26.9. The molecule has 0 aromatic carbocycles. The molecule has 0 radical (unpaired) electrons. The molecule has 0 bridgehead atoms. The van der Waals surface area contributed by atoms with E-state index in [1.807, 2.05) is 46.8 Å². The molecule has 5 nitrogen and oxygen atoms in total. The van der Waals surface area contributed by atoms with Crippen molar-refractivity contribution < 1.29 is 18.7 Å². The van der Waals surface area contributed by atoms with E-state index >= 15 is 0 Å². The molecule has 1 aliphatic carbocycles. The minimum Gasteiger partial charge on any atom is -0.466 e. The van der Waals surface area contributed by atoms with Crippen LogP contribution in [0, 0.1) is 5.92 Å². The van der Waals surface area contributed by atoms with Crippen LogP contribution in [0.1, 0.15) is 85.0 Å². The zero-order valence-corrected chi connectivity index (χ0v) is 16.8. The maximum atomic E-state index is 13.0. The van der Waals surface area contributed by atoms with Crippen LogP contribution in [-0.2, 0) is 9.47 Å². The lowest BCUT2D eigenvalue weighted by atomic mass is 9.83. The molecule has 3 rings (SSSR count). The van der Waals surface area contributed by atoms with Gasteiger partial charge in [-0.05, 0) is 59.1 Å². The fourth-order valence-electron chi connectivity index (χ4n) is 4.34. The lowest BCUT2D eigenvalue weighted by Gasteiger charge is -2.36. The Bertz CT molecular complexity index is 596. The summed E-state index contributed by atoms with van der Waals surface area (Å²) in [4.78, 5) is 14.8. The summed E-state index contributed by atoms with van der Waals surface area (Å²) in [7, 11) is 0. The standard InChI is InChI=1S/C21H33NO4/c1-20(2,3)26-19(23)22-16(14-15-10-7-6-8-11-15)18(25-21(22,4)5)17-12-9-13-24-17/h9,12-13,15-16,18H,6-8,10-11,14H2,1-5H3/t16-,18+/m0/s1. The van der Waals surface area contributed by atoms with Gasteiger partial charge in [-0.15, -0.1) is 0 Å². The summed E-state index contributed by atoms with van der Waals surface area (Å²) >= 11 is 0. The van der Waals surface area contributed by atoms with E-state index in [1.54, 1.807) is 11.2 Å². The zero-order chi connectivity index (χ0) is 18.9. The maximum absolute atomic E-state index is 13.0.